The molecule has 2 aromatic heterocycles. The summed E-state index contributed by atoms with van der Waals surface area (Å²) in [4.78, 5) is 30.1. The third kappa shape index (κ3) is 6.83. The van der Waals surface area contributed by atoms with Crippen LogP contribution in [-0.2, 0) is 6.18 Å². The van der Waals surface area contributed by atoms with Crippen LogP contribution in [0.5, 0.6) is 11.6 Å². The van der Waals surface area contributed by atoms with E-state index in [1.165, 1.54) is 18.3 Å². The van der Waals surface area contributed by atoms with Crippen LogP contribution in [0.3, 0.4) is 0 Å². The number of alkyl halides is 3. The summed E-state index contributed by atoms with van der Waals surface area (Å²) in [7, 11) is 5.42. The van der Waals surface area contributed by atoms with E-state index in [-0.39, 0.29) is 28.9 Å². The quantitative estimate of drug-likeness (QED) is 0.243. The first-order valence-electron chi connectivity index (χ1n) is 13.4. The maximum absolute atomic E-state index is 14.7. The molecule has 0 saturated carbocycles. The number of benzene rings is 2. The van der Waals surface area contributed by atoms with E-state index in [0.717, 1.165) is 43.8 Å². The van der Waals surface area contributed by atoms with E-state index < -0.39 is 23.5 Å². The van der Waals surface area contributed by atoms with E-state index in [1.54, 1.807) is 38.5 Å². The fraction of sp³-hybridized carbons (Fsp3) is 0.267. The number of carbonyl (C=O) groups excluding carboxylic acids is 1. The molecule has 1 unspecified atom stereocenters. The number of amides is 1. The number of nitrogens with zero attached hydrogens (tertiary/aromatic N) is 5. The molecule has 13 heteroatoms. The van der Waals surface area contributed by atoms with Crippen molar-refractivity contribution < 1.29 is 27.1 Å². The zero-order valence-corrected chi connectivity index (χ0v) is 23.6. The Hall–Kier alpha value is -4.78. The maximum Gasteiger partial charge on any atom is 0.416 e. The average molecular weight is 596 g/mol. The first-order valence-corrected chi connectivity index (χ1v) is 13.4. The Labute approximate surface area is 245 Å². The van der Waals surface area contributed by atoms with Gasteiger partial charge in [0, 0.05) is 50.7 Å². The van der Waals surface area contributed by atoms with Gasteiger partial charge in [-0.2, -0.15) is 13.2 Å². The zero-order valence-electron chi connectivity index (χ0n) is 23.6. The number of likely N-dealkylation sites (tertiary alicyclic amines) is 1. The Morgan fingerprint density at radius 2 is 1.91 bits per heavy atom. The van der Waals surface area contributed by atoms with Crippen molar-refractivity contribution in [2.45, 2.75) is 18.6 Å². The maximum atomic E-state index is 14.7. The van der Waals surface area contributed by atoms with E-state index >= 15 is 0 Å². The molecule has 0 spiro atoms. The van der Waals surface area contributed by atoms with Crippen LogP contribution in [0.2, 0.25) is 0 Å². The smallest absolute Gasteiger partial charge is 0.416 e. The Kier molecular flexibility index (Phi) is 8.44. The van der Waals surface area contributed by atoms with Crippen LogP contribution in [-0.4, -0.2) is 66.0 Å². The number of ether oxygens (including phenoxy) is 1. The van der Waals surface area contributed by atoms with Gasteiger partial charge in [-0.3, -0.25) is 4.79 Å². The number of carbonyl (C=O) groups is 1. The van der Waals surface area contributed by atoms with Gasteiger partial charge in [-0.1, -0.05) is 0 Å². The number of aromatic nitrogens is 3. The van der Waals surface area contributed by atoms with Crippen LogP contribution in [0.15, 0.2) is 67.0 Å². The van der Waals surface area contributed by atoms with Crippen molar-refractivity contribution in [1.82, 2.24) is 19.9 Å². The second kappa shape index (κ2) is 12.2. The minimum absolute atomic E-state index is 0.0385. The van der Waals surface area contributed by atoms with Crippen molar-refractivity contribution in [1.29, 1.82) is 0 Å². The molecule has 3 heterocycles. The summed E-state index contributed by atoms with van der Waals surface area (Å²) in [6.45, 7) is 1.56. The van der Waals surface area contributed by atoms with E-state index in [0.29, 0.717) is 22.9 Å². The molecule has 9 nitrogen and oxygen atoms in total. The topological polar surface area (TPSA) is 95.5 Å². The van der Waals surface area contributed by atoms with Gasteiger partial charge < -0.3 is 25.2 Å². The fourth-order valence-electron chi connectivity index (χ4n) is 4.90. The minimum atomic E-state index is -4.62. The predicted octanol–water partition coefficient (Wildman–Crippen LogP) is 5.92. The summed E-state index contributed by atoms with van der Waals surface area (Å²) >= 11 is 0. The summed E-state index contributed by atoms with van der Waals surface area (Å²) in [6, 6.07) is 11.6. The Morgan fingerprint density at radius 1 is 1.09 bits per heavy atom. The number of hydrogen-bond acceptors (Lipinski definition) is 8. The second-order valence-electron chi connectivity index (χ2n) is 10.1. The number of likely N-dealkylation sites (N-methyl/N-ethyl adjacent to an activating group) is 2. The first-order chi connectivity index (χ1) is 20.5. The van der Waals surface area contributed by atoms with Gasteiger partial charge in [0.1, 0.15) is 11.6 Å². The van der Waals surface area contributed by atoms with Crippen LogP contribution in [0, 0.1) is 5.82 Å². The largest absolute Gasteiger partial charge is 0.438 e. The average Bonchev–Trinajstić information content (AvgIpc) is 3.42. The zero-order chi connectivity index (χ0) is 30.7. The highest BCUT2D eigenvalue weighted by atomic mass is 19.4. The minimum Gasteiger partial charge on any atom is -0.438 e. The lowest BCUT2D eigenvalue weighted by molar-refractivity contribution is -0.137. The lowest BCUT2D eigenvalue weighted by atomic mass is 10.1. The molecule has 1 amide bonds. The number of hydrogen-bond donors (Lipinski definition) is 2. The Bertz CT molecular complexity index is 1630. The van der Waals surface area contributed by atoms with Gasteiger partial charge in [0.15, 0.2) is 0 Å². The molecule has 1 saturated heterocycles. The Morgan fingerprint density at radius 3 is 2.63 bits per heavy atom. The van der Waals surface area contributed by atoms with Crippen molar-refractivity contribution in [2.75, 3.05) is 49.8 Å². The van der Waals surface area contributed by atoms with Crippen LogP contribution in [0.1, 0.15) is 22.3 Å². The van der Waals surface area contributed by atoms with E-state index in [4.69, 9.17) is 4.74 Å². The summed E-state index contributed by atoms with van der Waals surface area (Å²) in [5, 5.41) is 5.42. The standard InChI is InChI=1S/C30H29F4N7O2/c1-35-29-37-11-8-24(39-29)23-5-4-10-36-28(23)43-22-14-18(13-20(31)16-22)27(42)38-25-15-19(30(32,33)34)6-7-26(25)41(3)21-9-12-40(2)17-21/h4-8,10-11,13-16,21H,9,12,17H2,1-3H3,(H,38,42)(H,35,37,39). The SMILES string of the molecule is CNc1nccc(-c2cccnc2Oc2cc(F)cc(C(=O)Nc3cc(C(F)(F)F)ccc3N(C)C3CCN(C)C3)c2)n1. The van der Waals surface area contributed by atoms with Gasteiger partial charge in [0.2, 0.25) is 11.8 Å². The van der Waals surface area contributed by atoms with Crippen molar-refractivity contribution in [3.8, 4) is 22.9 Å². The number of rotatable bonds is 8. The van der Waals surface area contributed by atoms with Crippen molar-refractivity contribution in [2.24, 2.45) is 0 Å². The van der Waals surface area contributed by atoms with Gasteiger partial charge in [-0.05, 0) is 68.5 Å². The number of pyridine rings is 1. The van der Waals surface area contributed by atoms with Gasteiger partial charge in [0.25, 0.3) is 5.91 Å². The molecule has 43 heavy (non-hydrogen) atoms. The second-order valence-corrected chi connectivity index (χ2v) is 10.1. The fourth-order valence-corrected chi connectivity index (χ4v) is 4.90. The van der Waals surface area contributed by atoms with Crippen molar-refractivity contribution in [3.63, 3.8) is 0 Å². The highest BCUT2D eigenvalue weighted by Crippen LogP contribution is 2.37. The molecular formula is C30H29F4N7O2. The van der Waals surface area contributed by atoms with Gasteiger partial charge in [-0.15, -0.1) is 0 Å². The molecule has 1 atom stereocenters. The van der Waals surface area contributed by atoms with Gasteiger partial charge in [-0.25, -0.2) is 19.3 Å². The number of halogens is 4. The van der Waals surface area contributed by atoms with Crippen LogP contribution in [0.25, 0.3) is 11.3 Å². The summed E-state index contributed by atoms with van der Waals surface area (Å²) in [5.41, 5.74) is 0.287. The molecule has 1 aliphatic rings. The molecule has 0 bridgehead atoms. The third-order valence-corrected chi connectivity index (χ3v) is 7.14. The lowest BCUT2D eigenvalue weighted by Gasteiger charge is -2.29. The van der Waals surface area contributed by atoms with Crippen LogP contribution < -0.4 is 20.3 Å². The monoisotopic (exact) mass is 595 g/mol. The molecule has 2 N–H and O–H groups in total. The highest BCUT2D eigenvalue weighted by Gasteiger charge is 2.33. The molecule has 1 aliphatic heterocycles. The molecule has 2 aromatic carbocycles. The lowest BCUT2D eigenvalue weighted by Crippen LogP contribution is -2.34. The van der Waals surface area contributed by atoms with E-state index in [1.807, 2.05) is 11.9 Å². The highest BCUT2D eigenvalue weighted by molar-refractivity contribution is 6.06. The van der Waals surface area contributed by atoms with Gasteiger partial charge >= 0.3 is 6.18 Å². The third-order valence-electron chi connectivity index (χ3n) is 7.14. The van der Waals surface area contributed by atoms with E-state index in [2.05, 4.69) is 30.5 Å². The van der Waals surface area contributed by atoms with Crippen LogP contribution in [0.4, 0.5) is 34.9 Å². The van der Waals surface area contributed by atoms with Crippen LogP contribution >= 0.6 is 0 Å². The molecule has 0 radical (unpaired) electrons. The van der Waals surface area contributed by atoms with E-state index in [9.17, 15) is 22.4 Å². The molecule has 1 fully saturated rings. The van der Waals surface area contributed by atoms with Crippen molar-refractivity contribution >= 4 is 23.2 Å². The number of anilines is 3. The van der Waals surface area contributed by atoms with Gasteiger partial charge in [0.05, 0.1) is 28.2 Å². The molecule has 0 aliphatic carbocycles. The van der Waals surface area contributed by atoms with Crippen molar-refractivity contribution in [3.05, 3.63) is 83.9 Å². The summed E-state index contributed by atoms with van der Waals surface area (Å²) < 4.78 is 61.5. The summed E-state index contributed by atoms with van der Waals surface area (Å²) in [5.74, 6) is -1.16. The molecular weight excluding hydrogens is 566 g/mol. The number of nitrogens with one attached hydrogen (secondary N) is 2. The summed E-state index contributed by atoms with van der Waals surface area (Å²) in [6.07, 6.45) is -0.769. The Balaban J connectivity index is 1.44. The molecule has 4 aromatic rings. The predicted molar refractivity (Wildman–Crippen MR) is 155 cm³/mol. The molecule has 224 valence electrons. The molecule has 5 rings (SSSR count). The normalized spacial score (nSPS) is 15.3. The first kappa shape index (κ1) is 29.7.